The van der Waals surface area contributed by atoms with Gasteiger partial charge < -0.3 is 14.5 Å². The number of hydrogen-bond acceptors (Lipinski definition) is 9. The number of anilines is 3. The first-order chi connectivity index (χ1) is 13.8. The summed E-state index contributed by atoms with van der Waals surface area (Å²) in [6.45, 7) is 5.50. The number of nitrogens with zero attached hydrogens (tertiary/aromatic N) is 6. The molecule has 0 atom stereocenters. The minimum atomic E-state index is 0.479. The number of thiazole rings is 1. The maximum atomic E-state index is 5.16. The molecule has 9 nitrogen and oxygen atoms in total. The summed E-state index contributed by atoms with van der Waals surface area (Å²) in [7, 11) is 1.59. The van der Waals surface area contributed by atoms with Crippen molar-refractivity contribution in [2.75, 3.05) is 50.1 Å². The van der Waals surface area contributed by atoms with Gasteiger partial charge >= 0.3 is 0 Å². The van der Waals surface area contributed by atoms with Crippen LogP contribution in [0, 0.1) is 0 Å². The lowest BCUT2D eigenvalue weighted by Crippen LogP contribution is -2.43. The molecule has 2 aliphatic rings. The molecule has 2 aliphatic heterocycles. The number of aromatic amines is 1. The van der Waals surface area contributed by atoms with Crippen molar-refractivity contribution in [3.63, 3.8) is 0 Å². The van der Waals surface area contributed by atoms with E-state index in [9.17, 15) is 0 Å². The van der Waals surface area contributed by atoms with Crippen molar-refractivity contribution < 1.29 is 4.74 Å². The van der Waals surface area contributed by atoms with Gasteiger partial charge in [-0.3, -0.25) is 10.4 Å². The number of likely N-dealkylation sites (tertiary alicyclic amines) is 1. The van der Waals surface area contributed by atoms with Gasteiger partial charge in [0.1, 0.15) is 5.82 Å². The maximum Gasteiger partial charge on any atom is 0.232 e. The van der Waals surface area contributed by atoms with E-state index in [1.807, 2.05) is 6.20 Å². The fourth-order valence-electron chi connectivity index (χ4n) is 3.53. The van der Waals surface area contributed by atoms with Crippen LogP contribution < -0.4 is 15.0 Å². The molecule has 0 radical (unpaired) electrons. The van der Waals surface area contributed by atoms with Gasteiger partial charge in [-0.1, -0.05) is 0 Å². The Morgan fingerprint density at radius 2 is 2.18 bits per heavy atom. The van der Waals surface area contributed by atoms with Crippen molar-refractivity contribution in [2.45, 2.75) is 12.8 Å². The van der Waals surface area contributed by atoms with Gasteiger partial charge in [0, 0.05) is 43.2 Å². The molecule has 0 unspecified atom stereocenters. The summed E-state index contributed by atoms with van der Waals surface area (Å²) in [5.41, 5.74) is 2.05. The quantitative estimate of drug-likeness (QED) is 0.652. The zero-order valence-corrected chi connectivity index (χ0v) is 16.5. The van der Waals surface area contributed by atoms with Crippen molar-refractivity contribution in [1.82, 2.24) is 30.0 Å². The van der Waals surface area contributed by atoms with Crippen LogP contribution in [0.15, 0.2) is 18.5 Å². The molecule has 0 saturated carbocycles. The Labute approximate surface area is 166 Å². The highest BCUT2D eigenvalue weighted by Gasteiger charge is 2.26. The van der Waals surface area contributed by atoms with Crippen LogP contribution in [0.4, 0.5) is 16.9 Å². The van der Waals surface area contributed by atoms with Crippen LogP contribution in [-0.2, 0) is 6.42 Å². The molecule has 10 heteroatoms. The highest BCUT2D eigenvalue weighted by atomic mass is 32.1. The second kappa shape index (κ2) is 7.36. The lowest BCUT2D eigenvalue weighted by molar-refractivity contribution is 0.186. The lowest BCUT2D eigenvalue weighted by Gasteiger charge is -2.33. The van der Waals surface area contributed by atoms with Gasteiger partial charge in [-0.05, 0) is 19.5 Å². The van der Waals surface area contributed by atoms with Crippen molar-refractivity contribution in [1.29, 1.82) is 0 Å². The van der Waals surface area contributed by atoms with E-state index >= 15 is 0 Å². The molecule has 0 aromatic carbocycles. The fraction of sp³-hybridized carbons (Fsp3) is 0.444. The van der Waals surface area contributed by atoms with Crippen LogP contribution in [0.2, 0.25) is 0 Å². The van der Waals surface area contributed by atoms with Crippen molar-refractivity contribution in [3.8, 4) is 17.1 Å². The molecule has 0 amide bonds. The Kier molecular flexibility index (Phi) is 4.57. The van der Waals surface area contributed by atoms with E-state index in [1.165, 1.54) is 24.4 Å². The molecule has 2 N–H and O–H groups in total. The van der Waals surface area contributed by atoms with Crippen molar-refractivity contribution in [3.05, 3.63) is 23.3 Å². The number of H-pyrrole nitrogens is 1. The maximum absolute atomic E-state index is 5.16. The van der Waals surface area contributed by atoms with Crippen molar-refractivity contribution in [2.24, 2.45) is 0 Å². The zero-order chi connectivity index (χ0) is 18.9. The Bertz CT molecular complexity index is 966. The Hall–Kier alpha value is -2.72. The van der Waals surface area contributed by atoms with E-state index in [4.69, 9.17) is 9.72 Å². The Morgan fingerprint density at radius 1 is 1.25 bits per heavy atom. The number of aromatic nitrogens is 5. The summed E-state index contributed by atoms with van der Waals surface area (Å²) in [4.78, 5) is 19.5. The predicted octanol–water partition coefficient (Wildman–Crippen LogP) is 2.14. The molecule has 5 heterocycles. The summed E-state index contributed by atoms with van der Waals surface area (Å²) < 4.78 is 5.16. The molecule has 0 spiro atoms. The van der Waals surface area contributed by atoms with E-state index in [-0.39, 0.29) is 0 Å². The van der Waals surface area contributed by atoms with Gasteiger partial charge in [0.15, 0.2) is 5.13 Å². The van der Waals surface area contributed by atoms with Gasteiger partial charge in [0.25, 0.3) is 0 Å². The third kappa shape index (κ3) is 3.29. The third-order valence-corrected chi connectivity index (χ3v) is 6.22. The SMILES string of the molecule is COc1ccnc(Nc2nc3c(s2)CCN(CCN2CCC2)c2[nH]ncc2-3)n1. The number of hydrogen-bond donors (Lipinski definition) is 2. The normalized spacial score (nSPS) is 16.1. The first-order valence-corrected chi connectivity index (χ1v) is 10.3. The molecule has 3 aromatic heterocycles. The predicted molar refractivity (Wildman–Crippen MR) is 109 cm³/mol. The summed E-state index contributed by atoms with van der Waals surface area (Å²) in [6.07, 6.45) is 5.82. The molecule has 3 aromatic rings. The number of rotatable bonds is 6. The van der Waals surface area contributed by atoms with Crippen LogP contribution >= 0.6 is 11.3 Å². The van der Waals surface area contributed by atoms with E-state index in [2.05, 4.69) is 35.3 Å². The van der Waals surface area contributed by atoms with Gasteiger partial charge in [0.2, 0.25) is 11.8 Å². The molecular formula is C18H22N8OS. The van der Waals surface area contributed by atoms with Crippen LogP contribution in [0.25, 0.3) is 11.3 Å². The van der Waals surface area contributed by atoms with Gasteiger partial charge in [-0.15, -0.1) is 11.3 Å². The molecule has 0 aliphatic carbocycles. The van der Waals surface area contributed by atoms with Gasteiger partial charge in [-0.2, -0.15) is 10.1 Å². The Balaban J connectivity index is 1.37. The smallest absolute Gasteiger partial charge is 0.232 e. The highest BCUT2D eigenvalue weighted by molar-refractivity contribution is 7.16. The summed E-state index contributed by atoms with van der Waals surface area (Å²) in [5.74, 6) is 2.06. The molecule has 1 saturated heterocycles. The molecule has 5 rings (SSSR count). The number of ether oxygens (including phenoxy) is 1. The topological polar surface area (TPSA) is 95.1 Å². The summed E-state index contributed by atoms with van der Waals surface area (Å²) in [5, 5.41) is 11.5. The lowest BCUT2D eigenvalue weighted by atomic mass is 10.2. The van der Waals surface area contributed by atoms with E-state index < -0.39 is 0 Å². The highest BCUT2D eigenvalue weighted by Crippen LogP contribution is 2.39. The molecule has 146 valence electrons. The van der Waals surface area contributed by atoms with E-state index in [1.54, 1.807) is 30.7 Å². The number of methoxy groups -OCH3 is 1. The minimum absolute atomic E-state index is 0.479. The molecule has 28 heavy (non-hydrogen) atoms. The standard InChI is InChI=1S/C18H22N8OS/c1-27-14-3-5-19-17(21-14)23-18-22-15-12-11-20-24-16(12)26(8-4-13(15)28-18)10-9-25-6-2-7-25/h3,5,11H,2,4,6-10H2,1H3,(H,20,24)(H,19,21,22,23). The molecule has 1 fully saturated rings. The first kappa shape index (κ1) is 17.4. The monoisotopic (exact) mass is 398 g/mol. The molecule has 0 bridgehead atoms. The van der Waals surface area contributed by atoms with Gasteiger partial charge in [0.05, 0.1) is 24.6 Å². The van der Waals surface area contributed by atoms with Crippen LogP contribution in [0.1, 0.15) is 11.3 Å². The minimum Gasteiger partial charge on any atom is -0.481 e. The number of nitrogens with one attached hydrogen (secondary N) is 2. The largest absolute Gasteiger partial charge is 0.481 e. The average molecular weight is 398 g/mol. The van der Waals surface area contributed by atoms with E-state index in [0.717, 1.165) is 48.3 Å². The Morgan fingerprint density at radius 3 is 3.00 bits per heavy atom. The first-order valence-electron chi connectivity index (χ1n) is 9.45. The fourth-order valence-corrected chi connectivity index (χ4v) is 4.49. The van der Waals surface area contributed by atoms with Crippen LogP contribution in [-0.4, -0.2) is 69.9 Å². The van der Waals surface area contributed by atoms with Crippen molar-refractivity contribution >= 4 is 28.2 Å². The molecular weight excluding hydrogens is 376 g/mol. The second-order valence-corrected chi connectivity index (χ2v) is 7.99. The summed E-state index contributed by atoms with van der Waals surface area (Å²) >= 11 is 1.64. The average Bonchev–Trinajstić information content (AvgIpc) is 3.27. The van der Waals surface area contributed by atoms with Crippen LogP contribution in [0.5, 0.6) is 5.88 Å². The second-order valence-electron chi connectivity index (χ2n) is 6.90. The summed E-state index contributed by atoms with van der Waals surface area (Å²) in [6, 6.07) is 1.72. The number of fused-ring (bicyclic) bond motifs is 3. The van der Waals surface area contributed by atoms with Crippen LogP contribution in [0.3, 0.4) is 0 Å². The van der Waals surface area contributed by atoms with Gasteiger partial charge in [-0.25, -0.2) is 9.97 Å². The third-order valence-electron chi connectivity index (χ3n) is 5.19. The zero-order valence-electron chi connectivity index (χ0n) is 15.7. The van der Waals surface area contributed by atoms with E-state index in [0.29, 0.717) is 11.8 Å².